The third kappa shape index (κ3) is 3.46. The first kappa shape index (κ1) is 16.0. The Bertz CT molecular complexity index is 475. The summed E-state index contributed by atoms with van der Waals surface area (Å²) in [6.45, 7) is 12.4. The second-order valence-electron chi connectivity index (χ2n) is 7.31. The summed E-state index contributed by atoms with van der Waals surface area (Å²) >= 11 is 0. The van der Waals surface area contributed by atoms with Gasteiger partial charge >= 0.3 is 0 Å². The van der Waals surface area contributed by atoms with Crippen molar-refractivity contribution in [2.45, 2.75) is 64.6 Å². The molecule has 0 saturated carbocycles. The lowest BCUT2D eigenvalue weighted by Crippen LogP contribution is -2.64. The Morgan fingerprint density at radius 2 is 1.67 bits per heavy atom. The number of amides is 1. The molecule has 1 aromatic rings. The van der Waals surface area contributed by atoms with Crippen molar-refractivity contribution in [1.29, 1.82) is 0 Å². The van der Waals surface area contributed by atoms with Gasteiger partial charge in [0.15, 0.2) is 0 Å². The van der Waals surface area contributed by atoms with Crippen LogP contribution < -0.4 is 5.32 Å². The highest BCUT2D eigenvalue weighted by molar-refractivity contribution is 5.94. The van der Waals surface area contributed by atoms with Crippen LogP contribution >= 0.6 is 0 Å². The molecule has 1 saturated heterocycles. The fourth-order valence-electron chi connectivity index (χ4n) is 4.13. The van der Waals surface area contributed by atoms with Gasteiger partial charge in [0.1, 0.15) is 0 Å². The van der Waals surface area contributed by atoms with Crippen LogP contribution in [0, 0.1) is 0 Å². The van der Waals surface area contributed by atoms with E-state index in [-0.39, 0.29) is 23.0 Å². The second kappa shape index (κ2) is 5.80. The number of rotatable bonds is 3. The van der Waals surface area contributed by atoms with Crippen LogP contribution in [0.2, 0.25) is 0 Å². The van der Waals surface area contributed by atoms with Crippen LogP contribution in [0.15, 0.2) is 30.3 Å². The van der Waals surface area contributed by atoms with Crippen molar-refractivity contribution < 1.29 is 4.79 Å². The molecule has 3 nitrogen and oxygen atoms in total. The molecule has 0 aromatic heterocycles. The lowest BCUT2D eigenvalue weighted by Gasteiger charge is -2.55. The minimum absolute atomic E-state index is 0.0390. The zero-order valence-electron chi connectivity index (χ0n) is 13.9. The Hall–Kier alpha value is -1.35. The summed E-state index contributed by atoms with van der Waals surface area (Å²) in [5, 5.41) is 3.23. The topological polar surface area (TPSA) is 32.3 Å². The Labute approximate surface area is 128 Å². The monoisotopic (exact) mass is 288 g/mol. The van der Waals surface area contributed by atoms with Gasteiger partial charge < -0.3 is 5.32 Å². The van der Waals surface area contributed by atoms with E-state index >= 15 is 0 Å². The van der Waals surface area contributed by atoms with Crippen molar-refractivity contribution in [1.82, 2.24) is 10.2 Å². The minimum atomic E-state index is 0.0390. The van der Waals surface area contributed by atoms with Crippen LogP contribution in [-0.4, -0.2) is 34.5 Å². The van der Waals surface area contributed by atoms with E-state index in [4.69, 9.17) is 0 Å². The van der Waals surface area contributed by atoms with Gasteiger partial charge in [-0.2, -0.15) is 0 Å². The number of benzene rings is 1. The van der Waals surface area contributed by atoms with Gasteiger partial charge in [-0.3, -0.25) is 9.69 Å². The SMILES string of the molecule is CCN1C(C)(C)CC(NC(=O)c2ccccc2)CC1(C)C. The van der Waals surface area contributed by atoms with Gasteiger partial charge in [-0.1, -0.05) is 25.1 Å². The van der Waals surface area contributed by atoms with Gasteiger partial charge in [-0.05, 0) is 59.2 Å². The normalized spacial score (nSPS) is 22.0. The zero-order valence-corrected chi connectivity index (χ0v) is 13.9. The smallest absolute Gasteiger partial charge is 0.251 e. The number of carbonyl (C=O) groups is 1. The fraction of sp³-hybridized carbons (Fsp3) is 0.611. The quantitative estimate of drug-likeness (QED) is 0.924. The molecule has 1 aliphatic rings. The van der Waals surface area contributed by atoms with Gasteiger partial charge in [0.05, 0.1) is 0 Å². The summed E-state index contributed by atoms with van der Waals surface area (Å²) in [5.74, 6) is 0.0390. The third-order valence-corrected chi connectivity index (χ3v) is 4.64. The van der Waals surface area contributed by atoms with Crippen LogP contribution in [0.5, 0.6) is 0 Å². The molecule has 1 heterocycles. The zero-order chi connectivity index (χ0) is 15.7. The first-order valence-corrected chi connectivity index (χ1v) is 7.90. The molecule has 21 heavy (non-hydrogen) atoms. The molecular weight excluding hydrogens is 260 g/mol. The molecule has 116 valence electrons. The molecule has 0 aliphatic carbocycles. The number of nitrogens with one attached hydrogen (secondary N) is 1. The largest absolute Gasteiger partial charge is 0.349 e. The number of hydrogen-bond donors (Lipinski definition) is 1. The van der Waals surface area contributed by atoms with E-state index in [0.29, 0.717) is 0 Å². The standard InChI is InChI=1S/C18H28N2O/c1-6-20-17(2,3)12-15(13-18(20,4)5)19-16(21)14-10-8-7-9-11-14/h7-11,15H,6,12-13H2,1-5H3,(H,19,21). The molecule has 1 aromatic carbocycles. The molecule has 1 amide bonds. The van der Waals surface area contributed by atoms with Crippen LogP contribution in [0.25, 0.3) is 0 Å². The molecule has 1 aliphatic heterocycles. The number of hydrogen-bond acceptors (Lipinski definition) is 2. The van der Waals surface area contributed by atoms with Crippen molar-refractivity contribution in [3.63, 3.8) is 0 Å². The van der Waals surface area contributed by atoms with Crippen molar-refractivity contribution in [3.05, 3.63) is 35.9 Å². The lowest BCUT2D eigenvalue weighted by molar-refractivity contribution is -0.0349. The molecule has 0 atom stereocenters. The second-order valence-corrected chi connectivity index (χ2v) is 7.31. The number of likely N-dealkylation sites (tertiary alicyclic amines) is 1. The number of nitrogens with zero attached hydrogens (tertiary/aromatic N) is 1. The summed E-state index contributed by atoms with van der Waals surface area (Å²) in [6, 6.07) is 9.71. The third-order valence-electron chi connectivity index (χ3n) is 4.64. The molecule has 0 unspecified atom stereocenters. The van der Waals surface area contributed by atoms with Gasteiger partial charge in [-0.25, -0.2) is 0 Å². The highest BCUT2D eigenvalue weighted by Crippen LogP contribution is 2.38. The maximum atomic E-state index is 12.4. The summed E-state index contributed by atoms with van der Waals surface area (Å²) in [4.78, 5) is 14.9. The van der Waals surface area contributed by atoms with Crippen LogP contribution in [-0.2, 0) is 0 Å². The first-order chi connectivity index (χ1) is 9.76. The predicted molar refractivity (Wildman–Crippen MR) is 87.5 cm³/mol. The average Bonchev–Trinajstić information content (AvgIpc) is 2.37. The molecule has 1 N–H and O–H groups in total. The highest BCUT2D eigenvalue weighted by Gasteiger charge is 2.44. The number of piperidine rings is 1. The Kier molecular flexibility index (Phi) is 4.43. The summed E-state index contributed by atoms with van der Waals surface area (Å²) in [6.07, 6.45) is 1.98. The van der Waals surface area contributed by atoms with Crippen LogP contribution in [0.1, 0.15) is 57.8 Å². The maximum absolute atomic E-state index is 12.4. The molecule has 0 spiro atoms. The number of carbonyl (C=O) groups excluding carboxylic acids is 1. The van der Waals surface area contributed by atoms with Gasteiger partial charge in [0, 0.05) is 22.7 Å². The molecule has 1 fully saturated rings. The first-order valence-electron chi connectivity index (χ1n) is 7.90. The van der Waals surface area contributed by atoms with E-state index in [1.807, 2.05) is 30.3 Å². The van der Waals surface area contributed by atoms with Crippen molar-refractivity contribution >= 4 is 5.91 Å². The van der Waals surface area contributed by atoms with E-state index in [2.05, 4.69) is 44.8 Å². The highest BCUT2D eigenvalue weighted by atomic mass is 16.1. The van der Waals surface area contributed by atoms with E-state index in [1.54, 1.807) is 0 Å². The van der Waals surface area contributed by atoms with Gasteiger partial charge in [0.2, 0.25) is 0 Å². The van der Waals surface area contributed by atoms with Crippen molar-refractivity contribution in [2.75, 3.05) is 6.54 Å². The summed E-state index contributed by atoms with van der Waals surface area (Å²) in [7, 11) is 0. The van der Waals surface area contributed by atoms with E-state index in [1.165, 1.54) is 0 Å². The molecule has 0 bridgehead atoms. The minimum Gasteiger partial charge on any atom is -0.349 e. The van der Waals surface area contributed by atoms with Gasteiger partial charge in [-0.15, -0.1) is 0 Å². The van der Waals surface area contributed by atoms with Crippen LogP contribution in [0.3, 0.4) is 0 Å². The summed E-state index contributed by atoms with van der Waals surface area (Å²) < 4.78 is 0. The van der Waals surface area contributed by atoms with Crippen molar-refractivity contribution in [3.8, 4) is 0 Å². The maximum Gasteiger partial charge on any atom is 0.251 e. The van der Waals surface area contributed by atoms with E-state index in [0.717, 1.165) is 24.9 Å². The Morgan fingerprint density at radius 3 is 2.14 bits per heavy atom. The fourth-order valence-corrected chi connectivity index (χ4v) is 4.13. The van der Waals surface area contributed by atoms with E-state index < -0.39 is 0 Å². The molecule has 0 radical (unpaired) electrons. The van der Waals surface area contributed by atoms with Crippen LogP contribution in [0.4, 0.5) is 0 Å². The van der Waals surface area contributed by atoms with E-state index in [9.17, 15) is 4.79 Å². The van der Waals surface area contributed by atoms with Gasteiger partial charge in [0.25, 0.3) is 5.91 Å². The average molecular weight is 288 g/mol. The molecule has 2 rings (SSSR count). The lowest BCUT2D eigenvalue weighted by atomic mass is 9.77. The van der Waals surface area contributed by atoms with Crippen molar-refractivity contribution in [2.24, 2.45) is 0 Å². The Balaban J connectivity index is 2.10. The Morgan fingerprint density at radius 1 is 1.14 bits per heavy atom. The molecular formula is C18H28N2O. The summed E-state index contributed by atoms with van der Waals surface area (Å²) in [5.41, 5.74) is 0.946. The molecule has 3 heteroatoms. The predicted octanol–water partition coefficient (Wildman–Crippen LogP) is 3.46.